The molecule has 8 heteroatoms. The molecule has 3 aliphatic rings. The van der Waals surface area contributed by atoms with Gasteiger partial charge in [0.1, 0.15) is 0 Å². The molecule has 1 N–H and O–H groups in total. The number of aromatic hydroxyl groups is 1. The molecule has 2 heterocycles. The van der Waals surface area contributed by atoms with E-state index in [9.17, 15) is 13.5 Å². The molecule has 0 aromatic heterocycles. The van der Waals surface area contributed by atoms with E-state index in [1.54, 1.807) is 6.07 Å². The Kier molecular flexibility index (Phi) is 4.02. The molecule has 154 valence electrons. The molecule has 0 amide bonds. The first kappa shape index (κ1) is 18.6. The van der Waals surface area contributed by atoms with Crippen LogP contribution in [0.2, 0.25) is 0 Å². The van der Waals surface area contributed by atoms with Crippen molar-refractivity contribution in [1.29, 1.82) is 0 Å². The van der Waals surface area contributed by atoms with Gasteiger partial charge in [-0.1, -0.05) is 6.92 Å². The topological polar surface area (TPSA) is 85.3 Å². The number of rotatable bonds is 4. The van der Waals surface area contributed by atoms with Gasteiger partial charge in [-0.05, 0) is 54.6 Å². The van der Waals surface area contributed by atoms with E-state index in [1.165, 1.54) is 14.2 Å². The zero-order chi connectivity index (χ0) is 20.5. The minimum absolute atomic E-state index is 0.123. The molecule has 0 spiro atoms. The van der Waals surface area contributed by atoms with E-state index >= 15 is 0 Å². The maximum Gasteiger partial charge on any atom is 0.343 e. The summed E-state index contributed by atoms with van der Waals surface area (Å²) in [5, 5.41) is 10.7. The van der Waals surface area contributed by atoms with Crippen molar-refractivity contribution in [3.8, 4) is 34.1 Å². The Hall–Kier alpha value is -2.45. The Morgan fingerprint density at radius 3 is 2.59 bits per heavy atom. The average molecular weight is 417 g/mol. The molecule has 1 aliphatic carbocycles. The van der Waals surface area contributed by atoms with Crippen molar-refractivity contribution in [1.82, 2.24) is 4.90 Å². The van der Waals surface area contributed by atoms with Crippen molar-refractivity contribution in [2.45, 2.75) is 37.1 Å². The Morgan fingerprint density at radius 2 is 1.90 bits per heavy atom. The lowest BCUT2D eigenvalue weighted by Crippen LogP contribution is -2.39. The maximum atomic E-state index is 13.0. The van der Waals surface area contributed by atoms with Crippen LogP contribution < -0.4 is 13.7 Å². The van der Waals surface area contributed by atoms with E-state index in [-0.39, 0.29) is 22.4 Å². The van der Waals surface area contributed by atoms with Gasteiger partial charge in [0.25, 0.3) is 0 Å². The largest absolute Gasteiger partial charge is 0.503 e. The highest BCUT2D eigenvalue weighted by atomic mass is 32.2. The zero-order valence-corrected chi connectivity index (χ0v) is 17.4. The van der Waals surface area contributed by atoms with Crippen LogP contribution in [0.1, 0.15) is 36.1 Å². The fourth-order valence-electron chi connectivity index (χ4n) is 5.03. The van der Waals surface area contributed by atoms with Crippen LogP contribution in [0.15, 0.2) is 17.0 Å². The minimum Gasteiger partial charge on any atom is -0.503 e. The molecule has 0 saturated heterocycles. The first-order chi connectivity index (χ1) is 13.9. The predicted octanol–water partition coefficient (Wildman–Crippen LogP) is 3.02. The summed E-state index contributed by atoms with van der Waals surface area (Å²) in [5.74, 6) is 0.346. The van der Waals surface area contributed by atoms with Crippen LogP contribution in [0.3, 0.4) is 0 Å². The highest BCUT2D eigenvalue weighted by Gasteiger charge is 2.45. The SMILES string of the molecule is CCCN1CCc2cc(OC)c3c4c2C1Cc1cc(OC)c(O)c(c1-4)S(=O)(=O)O3. The first-order valence-corrected chi connectivity index (χ1v) is 11.2. The third kappa shape index (κ3) is 2.42. The molecule has 7 nitrogen and oxygen atoms in total. The average Bonchev–Trinajstić information content (AvgIpc) is 2.69. The quantitative estimate of drug-likeness (QED) is 0.766. The third-order valence-corrected chi connectivity index (χ3v) is 7.46. The summed E-state index contributed by atoms with van der Waals surface area (Å²) in [6.45, 7) is 4.05. The summed E-state index contributed by atoms with van der Waals surface area (Å²) in [5.41, 5.74) is 4.33. The number of phenols is 1. The lowest BCUT2D eigenvalue weighted by Gasteiger charge is -2.43. The molecule has 1 atom stereocenters. The first-order valence-electron chi connectivity index (χ1n) is 9.76. The van der Waals surface area contributed by atoms with Crippen molar-refractivity contribution in [2.24, 2.45) is 0 Å². The summed E-state index contributed by atoms with van der Waals surface area (Å²) >= 11 is 0. The van der Waals surface area contributed by atoms with Crippen LogP contribution in [-0.4, -0.2) is 45.7 Å². The van der Waals surface area contributed by atoms with Crippen LogP contribution in [0.4, 0.5) is 0 Å². The number of benzene rings is 2. The second-order valence-electron chi connectivity index (χ2n) is 7.69. The van der Waals surface area contributed by atoms with E-state index in [0.717, 1.165) is 48.2 Å². The van der Waals surface area contributed by atoms with Gasteiger partial charge >= 0.3 is 10.1 Å². The van der Waals surface area contributed by atoms with Crippen molar-refractivity contribution in [3.63, 3.8) is 0 Å². The van der Waals surface area contributed by atoms with Crippen LogP contribution in [0.25, 0.3) is 11.1 Å². The van der Waals surface area contributed by atoms with Gasteiger partial charge in [0.05, 0.1) is 14.2 Å². The fraction of sp³-hybridized carbons (Fsp3) is 0.429. The van der Waals surface area contributed by atoms with Gasteiger partial charge in [-0.2, -0.15) is 8.42 Å². The van der Waals surface area contributed by atoms with Crippen LogP contribution >= 0.6 is 0 Å². The second kappa shape index (κ2) is 6.27. The number of methoxy groups -OCH3 is 2. The van der Waals surface area contributed by atoms with E-state index < -0.39 is 15.9 Å². The summed E-state index contributed by atoms with van der Waals surface area (Å²) < 4.78 is 42.3. The molecule has 2 aliphatic heterocycles. The summed E-state index contributed by atoms with van der Waals surface area (Å²) in [6, 6.07) is 3.77. The van der Waals surface area contributed by atoms with Gasteiger partial charge < -0.3 is 18.8 Å². The number of hydrogen-bond acceptors (Lipinski definition) is 7. The van der Waals surface area contributed by atoms with Gasteiger partial charge in [0.15, 0.2) is 27.9 Å². The molecule has 0 saturated carbocycles. The monoisotopic (exact) mass is 417 g/mol. The normalized spacial score (nSPS) is 20.6. The number of ether oxygens (including phenoxy) is 2. The summed E-state index contributed by atoms with van der Waals surface area (Å²) in [7, 11) is -1.30. The summed E-state index contributed by atoms with van der Waals surface area (Å²) in [4.78, 5) is 2.24. The van der Waals surface area contributed by atoms with Crippen LogP contribution in [0, 0.1) is 0 Å². The van der Waals surface area contributed by atoms with Crippen LogP contribution in [-0.2, 0) is 23.0 Å². The number of phenolic OH excluding ortho intramolecular Hbond substituents is 1. The highest BCUT2D eigenvalue weighted by molar-refractivity contribution is 7.87. The lowest BCUT2D eigenvalue weighted by atomic mass is 9.76. The Balaban J connectivity index is 1.91. The van der Waals surface area contributed by atoms with Gasteiger partial charge in [-0.15, -0.1) is 0 Å². The third-order valence-electron chi connectivity index (χ3n) is 6.17. The smallest absolute Gasteiger partial charge is 0.343 e. The molecule has 5 rings (SSSR count). The van der Waals surface area contributed by atoms with Crippen molar-refractivity contribution < 1.29 is 27.2 Å². The van der Waals surface area contributed by atoms with Gasteiger partial charge in [-0.25, -0.2) is 0 Å². The molecule has 0 fully saturated rings. The standard InChI is InChI=1S/C21H23NO6S/c1-4-6-22-7-5-11-9-15(27-3)20-18-16(11)13(22)8-12-10-14(26-2)19(23)21(17(12)18)29(24,25)28-20/h9-10,13,23H,4-8H2,1-3H3. The number of nitrogens with zero attached hydrogens (tertiary/aromatic N) is 1. The molecule has 1 unspecified atom stereocenters. The lowest BCUT2D eigenvalue weighted by molar-refractivity contribution is 0.182. The Labute approximate surface area is 169 Å². The number of hydrogen-bond donors (Lipinski definition) is 1. The van der Waals surface area contributed by atoms with Crippen molar-refractivity contribution in [2.75, 3.05) is 27.3 Å². The van der Waals surface area contributed by atoms with Gasteiger partial charge in [0.2, 0.25) is 0 Å². The Morgan fingerprint density at radius 1 is 1.17 bits per heavy atom. The maximum absolute atomic E-state index is 13.0. The Bertz CT molecular complexity index is 1140. The van der Waals surface area contributed by atoms with E-state index in [1.807, 2.05) is 6.07 Å². The minimum atomic E-state index is -4.22. The molecule has 0 bridgehead atoms. The van der Waals surface area contributed by atoms with E-state index in [0.29, 0.717) is 17.7 Å². The van der Waals surface area contributed by atoms with E-state index in [4.69, 9.17) is 13.7 Å². The van der Waals surface area contributed by atoms with Crippen molar-refractivity contribution in [3.05, 3.63) is 28.8 Å². The molecular formula is C21H23NO6S. The van der Waals surface area contributed by atoms with Gasteiger partial charge in [-0.3, -0.25) is 4.90 Å². The van der Waals surface area contributed by atoms with Crippen molar-refractivity contribution >= 4 is 10.1 Å². The molecule has 2 aromatic rings. The fourth-order valence-corrected chi connectivity index (χ4v) is 6.32. The van der Waals surface area contributed by atoms with E-state index in [2.05, 4.69) is 11.8 Å². The highest BCUT2D eigenvalue weighted by Crippen LogP contribution is 2.59. The van der Waals surface area contributed by atoms with Gasteiger partial charge in [0, 0.05) is 23.7 Å². The molecule has 2 aromatic carbocycles. The zero-order valence-electron chi connectivity index (χ0n) is 16.6. The molecular weight excluding hydrogens is 394 g/mol. The predicted molar refractivity (Wildman–Crippen MR) is 106 cm³/mol. The van der Waals surface area contributed by atoms with Crippen LogP contribution in [0.5, 0.6) is 23.0 Å². The molecule has 0 radical (unpaired) electrons. The summed E-state index contributed by atoms with van der Waals surface area (Å²) in [6.07, 6.45) is 2.54. The second-order valence-corrected chi connectivity index (χ2v) is 9.17. The molecule has 29 heavy (non-hydrogen) atoms.